The second-order valence-electron chi connectivity index (χ2n) is 4.96. The van der Waals surface area contributed by atoms with Crippen molar-refractivity contribution in [3.05, 3.63) is 58.0 Å². The van der Waals surface area contributed by atoms with Gasteiger partial charge in [-0.05, 0) is 36.1 Å². The Morgan fingerprint density at radius 1 is 1.29 bits per heavy atom. The third-order valence-corrected chi connectivity index (χ3v) is 5.38. The molecule has 1 aromatic heterocycles. The summed E-state index contributed by atoms with van der Waals surface area (Å²) in [7, 11) is -3.60. The van der Waals surface area contributed by atoms with Gasteiger partial charge >= 0.3 is 0 Å². The van der Waals surface area contributed by atoms with Crippen molar-refractivity contribution in [2.45, 2.75) is 18.3 Å². The number of benzene rings is 1. The summed E-state index contributed by atoms with van der Waals surface area (Å²) in [4.78, 5) is 0.687. The number of sulfonamides is 1. The van der Waals surface area contributed by atoms with Crippen molar-refractivity contribution < 1.29 is 17.9 Å². The van der Waals surface area contributed by atoms with E-state index in [0.29, 0.717) is 10.4 Å². The van der Waals surface area contributed by atoms with Crippen molar-refractivity contribution in [1.82, 2.24) is 4.72 Å². The minimum Gasteiger partial charge on any atom is -0.383 e. The fraction of sp³-hybridized carbons (Fsp3) is 0.286. The van der Waals surface area contributed by atoms with E-state index in [-0.39, 0.29) is 12.3 Å². The number of halogens is 1. The van der Waals surface area contributed by atoms with Gasteiger partial charge in [0, 0.05) is 11.4 Å². The molecule has 0 fully saturated rings. The van der Waals surface area contributed by atoms with Crippen LogP contribution >= 0.6 is 11.3 Å². The second kappa shape index (κ2) is 6.23. The molecule has 4 nitrogen and oxygen atoms in total. The fourth-order valence-electron chi connectivity index (χ4n) is 1.77. The Balaban J connectivity index is 2.00. The summed E-state index contributed by atoms with van der Waals surface area (Å²) in [5.74, 6) is -0.668. The van der Waals surface area contributed by atoms with Gasteiger partial charge in [0.05, 0.1) is 5.75 Å². The minimum absolute atomic E-state index is 0.114. The smallest absolute Gasteiger partial charge is 0.215 e. The first-order valence-electron chi connectivity index (χ1n) is 6.27. The van der Waals surface area contributed by atoms with Gasteiger partial charge in [-0.3, -0.25) is 0 Å². The average molecular weight is 329 g/mol. The van der Waals surface area contributed by atoms with Crippen molar-refractivity contribution in [2.24, 2.45) is 0 Å². The number of aliphatic hydroxyl groups is 1. The van der Waals surface area contributed by atoms with Crippen LogP contribution < -0.4 is 4.72 Å². The zero-order valence-electron chi connectivity index (χ0n) is 11.4. The van der Waals surface area contributed by atoms with Crippen molar-refractivity contribution >= 4 is 21.4 Å². The van der Waals surface area contributed by atoms with Crippen LogP contribution in [0, 0.1) is 5.82 Å². The van der Waals surface area contributed by atoms with E-state index < -0.39 is 21.4 Å². The van der Waals surface area contributed by atoms with E-state index in [1.807, 2.05) is 5.38 Å². The molecule has 7 heteroatoms. The summed E-state index contributed by atoms with van der Waals surface area (Å²) in [6.45, 7) is 1.44. The summed E-state index contributed by atoms with van der Waals surface area (Å²) in [6.07, 6.45) is 0. The number of hydrogen-bond donors (Lipinski definition) is 2. The van der Waals surface area contributed by atoms with E-state index in [0.717, 1.165) is 0 Å². The summed E-state index contributed by atoms with van der Waals surface area (Å²) < 4.78 is 39.1. The first-order valence-corrected chi connectivity index (χ1v) is 8.80. The van der Waals surface area contributed by atoms with Crippen molar-refractivity contribution in [2.75, 3.05) is 6.54 Å². The molecule has 1 unspecified atom stereocenters. The average Bonchev–Trinajstić information content (AvgIpc) is 2.94. The first kappa shape index (κ1) is 16.1. The van der Waals surface area contributed by atoms with Crippen molar-refractivity contribution in [3.63, 3.8) is 0 Å². The highest BCUT2D eigenvalue weighted by Gasteiger charge is 2.26. The normalized spacial score (nSPS) is 14.8. The lowest BCUT2D eigenvalue weighted by Gasteiger charge is -2.22. The molecule has 1 atom stereocenters. The Kier molecular flexibility index (Phi) is 4.77. The molecular weight excluding hydrogens is 313 g/mol. The van der Waals surface area contributed by atoms with E-state index in [1.54, 1.807) is 19.1 Å². The van der Waals surface area contributed by atoms with E-state index in [9.17, 15) is 17.9 Å². The highest BCUT2D eigenvalue weighted by Crippen LogP contribution is 2.24. The van der Waals surface area contributed by atoms with Crippen LogP contribution in [-0.2, 0) is 21.4 Å². The highest BCUT2D eigenvalue weighted by molar-refractivity contribution is 7.88. The maximum atomic E-state index is 12.8. The Morgan fingerprint density at radius 2 is 1.95 bits per heavy atom. The lowest BCUT2D eigenvalue weighted by molar-refractivity contribution is 0.0666. The third-order valence-electron chi connectivity index (χ3n) is 2.96. The molecule has 0 aliphatic carbocycles. The second-order valence-corrected chi connectivity index (χ2v) is 7.71. The van der Waals surface area contributed by atoms with Gasteiger partial charge in [-0.1, -0.05) is 18.2 Å². The maximum Gasteiger partial charge on any atom is 0.215 e. The predicted octanol–water partition coefficient (Wildman–Crippen LogP) is 2.21. The molecule has 2 aromatic rings. The maximum absolute atomic E-state index is 12.8. The summed E-state index contributed by atoms with van der Waals surface area (Å²) in [5, 5.41) is 12.1. The molecule has 0 radical (unpaired) electrons. The predicted molar refractivity (Wildman–Crippen MR) is 80.9 cm³/mol. The molecular formula is C14H16FNO3S2. The number of thiophene rings is 1. The summed E-state index contributed by atoms with van der Waals surface area (Å²) >= 11 is 1.36. The monoisotopic (exact) mass is 329 g/mol. The Bertz CT molecular complexity index is 680. The molecule has 0 saturated carbocycles. The number of rotatable bonds is 6. The molecule has 2 rings (SSSR count). The van der Waals surface area contributed by atoms with Gasteiger partial charge in [0.25, 0.3) is 0 Å². The van der Waals surface area contributed by atoms with Crippen LogP contribution in [0.4, 0.5) is 4.39 Å². The van der Waals surface area contributed by atoms with Crippen LogP contribution in [0.1, 0.15) is 17.4 Å². The van der Waals surface area contributed by atoms with Crippen molar-refractivity contribution in [3.8, 4) is 0 Å². The quantitative estimate of drug-likeness (QED) is 0.854. The van der Waals surface area contributed by atoms with E-state index in [4.69, 9.17) is 0 Å². The van der Waals surface area contributed by atoms with Crippen LogP contribution in [0.5, 0.6) is 0 Å². The molecule has 0 aliphatic heterocycles. The fourth-order valence-corrected chi connectivity index (χ4v) is 3.79. The lowest BCUT2D eigenvalue weighted by atomic mass is 10.1. The van der Waals surface area contributed by atoms with Crippen LogP contribution in [0.15, 0.2) is 41.8 Å². The molecule has 114 valence electrons. The van der Waals surface area contributed by atoms with Crippen LogP contribution in [-0.4, -0.2) is 20.1 Å². The zero-order chi connectivity index (χ0) is 15.5. The highest BCUT2D eigenvalue weighted by atomic mass is 32.2. The zero-order valence-corrected chi connectivity index (χ0v) is 13.0. The minimum atomic E-state index is -3.60. The molecule has 0 bridgehead atoms. The van der Waals surface area contributed by atoms with Crippen molar-refractivity contribution in [1.29, 1.82) is 0 Å². The number of nitrogens with one attached hydrogen (secondary N) is 1. The standard InChI is InChI=1S/C14H16FNO3S2/c1-14(17,13-3-2-8-20-13)10-16-21(18,19)9-11-4-6-12(15)7-5-11/h2-8,16-17H,9-10H2,1H3. The summed E-state index contributed by atoms with van der Waals surface area (Å²) in [5.41, 5.74) is -0.774. The molecule has 1 aromatic carbocycles. The molecule has 0 amide bonds. The van der Waals surface area contributed by atoms with Gasteiger partial charge < -0.3 is 5.11 Å². The van der Waals surface area contributed by atoms with Gasteiger partial charge in [0.2, 0.25) is 10.0 Å². The van der Waals surface area contributed by atoms with Gasteiger partial charge in [-0.2, -0.15) is 0 Å². The summed E-state index contributed by atoms with van der Waals surface area (Å²) in [6, 6.07) is 8.82. The van der Waals surface area contributed by atoms with E-state index >= 15 is 0 Å². The Hall–Kier alpha value is -1.28. The third kappa shape index (κ3) is 4.60. The largest absolute Gasteiger partial charge is 0.383 e. The van der Waals surface area contributed by atoms with E-state index in [2.05, 4.69) is 4.72 Å². The Labute approximate surface area is 127 Å². The molecule has 0 saturated heterocycles. The molecule has 1 heterocycles. The lowest BCUT2D eigenvalue weighted by Crippen LogP contribution is -2.38. The first-order chi connectivity index (χ1) is 9.78. The van der Waals surface area contributed by atoms with Gasteiger partial charge in [0.15, 0.2) is 0 Å². The molecule has 0 spiro atoms. The molecule has 2 N–H and O–H groups in total. The topological polar surface area (TPSA) is 66.4 Å². The van der Waals surface area contributed by atoms with Gasteiger partial charge in [-0.15, -0.1) is 11.3 Å². The number of hydrogen-bond acceptors (Lipinski definition) is 4. The van der Waals surface area contributed by atoms with Crippen LogP contribution in [0.2, 0.25) is 0 Å². The molecule has 0 aliphatic rings. The SMILES string of the molecule is CC(O)(CNS(=O)(=O)Cc1ccc(F)cc1)c1cccs1. The van der Waals surface area contributed by atoms with Gasteiger partial charge in [-0.25, -0.2) is 17.5 Å². The Morgan fingerprint density at radius 3 is 2.52 bits per heavy atom. The van der Waals surface area contributed by atoms with Crippen LogP contribution in [0.25, 0.3) is 0 Å². The molecule has 21 heavy (non-hydrogen) atoms. The van der Waals surface area contributed by atoms with E-state index in [1.165, 1.54) is 35.6 Å². The van der Waals surface area contributed by atoms with Gasteiger partial charge in [0.1, 0.15) is 11.4 Å². The van der Waals surface area contributed by atoms with Crippen LogP contribution in [0.3, 0.4) is 0 Å².